The molecular weight excluding hydrogens is 555 g/mol. The minimum Gasteiger partial charge on any atom is -0.442 e. The van der Waals surface area contributed by atoms with Crippen LogP contribution < -0.4 is 5.32 Å². The van der Waals surface area contributed by atoms with Gasteiger partial charge in [0.1, 0.15) is 6.07 Å². The lowest BCUT2D eigenvalue weighted by atomic mass is 10.1. The van der Waals surface area contributed by atoms with Gasteiger partial charge in [0.15, 0.2) is 3.24 Å². The predicted molar refractivity (Wildman–Crippen MR) is 127 cm³/mol. The first-order valence-corrected chi connectivity index (χ1v) is 11.7. The average Bonchev–Trinajstić information content (AvgIpc) is 3.27. The molecule has 0 amide bonds. The van der Waals surface area contributed by atoms with Crippen molar-refractivity contribution >= 4 is 72.4 Å². The molecule has 0 saturated heterocycles. The van der Waals surface area contributed by atoms with Gasteiger partial charge in [-0.15, -0.1) is 0 Å². The van der Waals surface area contributed by atoms with Crippen molar-refractivity contribution in [3.63, 3.8) is 0 Å². The molecule has 0 aromatic heterocycles. The second kappa shape index (κ2) is 9.08. The Morgan fingerprint density at radius 2 is 1.83 bits per heavy atom. The van der Waals surface area contributed by atoms with E-state index in [9.17, 15) is 10.1 Å². The minimum absolute atomic E-state index is 0.134. The van der Waals surface area contributed by atoms with Crippen LogP contribution in [0.2, 0.25) is 0 Å². The largest absolute Gasteiger partial charge is 0.442 e. The van der Waals surface area contributed by atoms with Crippen molar-refractivity contribution in [1.29, 1.82) is 5.26 Å². The van der Waals surface area contributed by atoms with Crippen LogP contribution in [0.25, 0.3) is 0 Å². The average molecular weight is 575 g/mol. The van der Waals surface area contributed by atoms with E-state index in [0.717, 1.165) is 11.4 Å². The summed E-state index contributed by atoms with van der Waals surface area (Å²) in [7, 11) is 0. The summed E-state index contributed by atoms with van der Waals surface area (Å²) in [4.78, 5) is 12.5. The highest BCUT2D eigenvalue weighted by molar-refractivity contribution is 9.13. The van der Waals surface area contributed by atoms with E-state index in [4.69, 9.17) is 27.9 Å². The van der Waals surface area contributed by atoms with E-state index < -0.39 is 21.2 Å². The lowest BCUT2D eigenvalue weighted by Crippen LogP contribution is -2.24. The number of para-hydroxylation sites is 1. The van der Waals surface area contributed by atoms with Crippen molar-refractivity contribution in [3.8, 4) is 6.07 Å². The van der Waals surface area contributed by atoms with E-state index in [-0.39, 0.29) is 16.2 Å². The predicted octanol–water partition coefficient (Wildman–Crippen LogP) is 7.10. The normalized spacial score (nSPS) is 21.8. The van der Waals surface area contributed by atoms with Gasteiger partial charge in [0.2, 0.25) is 6.10 Å². The van der Waals surface area contributed by atoms with Crippen LogP contribution in [0.5, 0.6) is 0 Å². The Morgan fingerprint density at radius 1 is 1.20 bits per heavy atom. The highest BCUT2D eigenvalue weighted by Crippen LogP contribution is 2.65. The fourth-order valence-electron chi connectivity index (χ4n) is 3.70. The van der Waals surface area contributed by atoms with Crippen LogP contribution in [0.3, 0.4) is 0 Å². The molecule has 4 unspecified atom stereocenters. The minimum atomic E-state index is -1.21. The number of nitrogens with zero attached hydrogens (tertiary/aromatic N) is 1. The number of nitriles is 1. The van der Waals surface area contributed by atoms with Gasteiger partial charge in [-0.2, -0.15) is 5.26 Å². The van der Waals surface area contributed by atoms with Gasteiger partial charge in [-0.1, -0.05) is 83.3 Å². The first kappa shape index (κ1) is 23.4. The number of rotatable bonds is 7. The van der Waals surface area contributed by atoms with Crippen LogP contribution in [0.15, 0.2) is 54.6 Å². The maximum absolute atomic E-state index is 12.9. The van der Waals surface area contributed by atoms with E-state index in [2.05, 4.69) is 43.2 Å². The zero-order valence-corrected chi connectivity index (χ0v) is 21.0. The standard InChI is InChI=1S/C22H20Br2Cl2N2O2/c1-21(2)17(19(23)22(24,25)26)18(21)20(29)30-16(12-27)13-7-6-10-15(11-13)28-14-8-4-3-5-9-14/h3-11,16-19,28H,1-2H3. The first-order chi connectivity index (χ1) is 14.1. The summed E-state index contributed by atoms with van der Waals surface area (Å²) in [5.74, 6) is -0.991. The molecule has 4 atom stereocenters. The van der Waals surface area contributed by atoms with Crippen molar-refractivity contribution in [1.82, 2.24) is 0 Å². The van der Waals surface area contributed by atoms with E-state index in [1.54, 1.807) is 12.1 Å². The number of anilines is 2. The third-order valence-corrected chi connectivity index (χ3v) is 8.76. The van der Waals surface area contributed by atoms with Gasteiger partial charge in [0.05, 0.1) is 10.7 Å². The Kier molecular flexibility index (Phi) is 7.08. The van der Waals surface area contributed by atoms with Crippen LogP contribution in [-0.4, -0.2) is 14.0 Å². The number of esters is 1. The Morgan fingerprint density at radius 3 is 2.43 bits per heavy atom. The summed E-state index contributed by atoms with van der Waals surface area (Å²) in [5, 5.41) is 12.9. The number of hydrogen-bond donors (Lipinski definition) is 1. The fourth-order valence-corrected chi connectivity index (χ4v) is 5.25. The molecule has 0 radical (unpaired) electrons. The maximum Gasteiger partial charge on any atom is 0.311 e. The molecule has 1 N–H and O–H groups in total. The summed E-state index contributed by atoms with van der Waals surface area (Å²) in [6.45, 7) is 3.91. The number of halogens is 4. The zero-order chi connectivity index (χ0) is 22.1. The number of carbonyl (C=O) groups excluding carboxylic acids is 1. The van der Waals surface area contributed by atoms with Gasteiger partial charge in [-0.3, -0.25) is 4.79 Å². The summed E-state index contributed by atoms with van der Waals surface area (Å²) in [6.07, 6.45) is -1.01. The molecule has 0 heterocycles. The molecule has 2 aromatic carbocycles. The van der Waals surface area contributed by atoms with Crippen LogP contribution in [0.1, 0.15) is 25.5 Å². The van der Waals surface area contributed by atoms with E-state index in [1.807, 2.05) is 56.3 Å². The summed E-state index contributed by atoms with van der Waals surface area (Å²) >= 11 is 19.0. The van der Waals surface area contributed by atoms with Gasteiger partial charge in [0, 0.05) is 16.9 Å². The van der Waals surface area contributed by atoms with Crippen molar-refractivity contribution < 1.29 is 9.53 Å². The third kappa shape index (κ3) is 5.13. The number of hydrogen-bond acceptors (Lipinski definition) is 4. The number of carbonyl (C=O) groups is 1. The van der Waals surface area contributed by atoms with Crippen molar-refractivity contribution in [2.75, 3.05) is 5.32 Å². The van der Waals surface area contributed by atoms with Crippen molar-refractivity contribution in [3.05, 3.63) is 60.2 Å². The summed E-state index contributed by atoms with van der Waals surface area (Å²) in [5.41, 5.74) is 1.96. The molecule has 3 rings (SSSR count). The lowest BCUT2D eigenvalue weighted by Gasteiger charge is -2.20. The molecule has 4 nitrogen and oxygen atoms in total. The molecule has 2 aromatic rings. The Hall–Kier alpha value is -1.26. The number of benzene rings is 2. The first-order valence-electron chi connectivity index (χ1n) is 9.28. The SMILES string of the molecule is CC1(C)C(C(=O)OC(C#N)c2cccc(Nc3ccccc3)c2)C1C(Br)C(Cl)(Cl)Br. The number of nitrogens with one attached hydrogen (secondary N) is 1. The fraction of sp³-hybridized carbons (Fsp3) is 0.364. The molecule has 0 aliphatic heterocycles. The Labute approximate surface area is 203 Å². The summed E-state index contributed by atoms with van der Waals surface area (Å²) in [6, 6.07) is 19.0. The van der Waals surface area contributed by atoms with Crippen LogP contribution >= 0.6 is 55.1 Å². The Bertz CT molecular complexity index is 958. The van der Waals surface area contributed by atoms with E-state index in [1.165, 1.54) is 0 Å². The van der Waals surface area contributed by atoms with Gasteiger partial charge in [0.25, 0.3) is 0 Å². The second-order valence-electron chi connectivity index (χ2n) is 7.83. The summed E-state index contributed by atoms with van der Waals surface area (Å²) < 4.78 is 4.38. The maximum atomic E-state index is 12.9. The topological polar surface area (TPSA) is 62.1 Å². The number of alkyl halides is 4. The van der Waals surface area contributed by atoms with Crippen molar-refractivity contribution in [2.24, 2.45) is 17.3 Å². The molecule has 30 heavy (non-hydrogen) atoms. The molecule has 0 spiro atoms. The lowest BCUT2D eigenvalue weighted by molar-refractivity contribution is -0.149. The molecule has 1 fully saturated rings. The van der Waals surface area contributed by atoms with Crippen LogP contribution in [0, 0.1) is 28.6 Å². The molecule has 1 aliphatic carbocycles. The van der Waals surface area contributed by atoms with E-state index in [0.29, 0.717) is 5.56 Å². The quantitative estimate of drug-likeness (QED) is 0.283. The molecule has 0 bridgehead atoms. The monoisotopic (exact) mass is 572 g/mol. The molecule has 1 saturated carbocycles. The van der Waals surface area contributed by atoms with E-state index >= 15 is 0 Å². The van der Waals surface area contributed by atoms with Gasteiger partial charge in [-0.05, 0) is 51.5 Å². The smallest absolute Gasteiger partial charge is 0.311 e. The third-order valence-electron chi connectivity index (χ3n) is 5.40. The van der Waals surface area contributed by atoms with Crippen LogP contribution in [0.4, 0.5) is 11.4 Å². The highest BCUT2D eigenvalue weighted by Gasteiger charge is 2.67. The Balaban J connectivity index is 1.72. The van der Waals surface area contributed by atoms with Crippen LogP contribution in [-0.2, 0) is 9.53 Å². The molecule has 8 heteroatoms. The highest BCUT2D eigenvalue weighted by atomic mass is 79.9. The molecule has 158 valence electrons. The zero-order valence-electron chi connectivity index (χ0n) is 16.3. The molecule has 1 aliphatic rings. The van der Waals surface area contributed by atoms with Gasteiger partial charge >= 0.3 is 5.97 Å². The van der Waals surface area contributed by atoms with Gasteiger partial charge in [-0.25, -0.2) is 0 Å². The van der Waals surface area contributed by atoms with Crippen molar-refractivity contribution in [2.45, 2.75) is 28.0 Å². The molecular formula is C22H20Br2Cl2N2O2. The second-order valence-corrected chi connectivity index (χ2v) is 12.4. The van der Waals surface area contributed by atoms with Gasteiger partial charge < -0.3 is 10.1 Å². The number of ether oxygens (including phenoxy) is 1.